The van der Waals surface area contributed by atoms with E-state index in [4.69, 9.17) is 9.47 Å². The summed E-state index contributed by atoms with van der Waals surface area (Å²) in [5.74, 6) is -2.18. The van der Waals surface area contributed by atoms with Gasteiger partial charge in [-0.2, -0.15) is 0 Å². The van der Waals surface area contributed by atoms with Crippen LogP contribution in [0.15, 0.2) is 48.1 Å². The van der Waals surface area contributed by atoms with Crippen molar-refractivity contribution in [1.29, 1.82) is 0 Å². The first-order valence-electron chi connectivity index (χ1n) is 13.7. The van der Waals surface area contributed by atoms with Crippen molar-refractivity contribution >= 4 is 29.9 Å². The molecule has 2 rings (SSSR count). The molecule has 1 saturated carbocycles. The third-order valence-corrected chi connectivity index (χ3v) is 8.10. The number of rotatable bonds is 12. The van der Waals surface area contributed by atoms with E-state index < -0.39 is 41.3 Å². The molecule has 0 bridgehead atoms. The summed E-state index contributed by atoms with van der Waals surface area (Å²) in [4.78, 5) is 62.3. The topological polar surface area (TPSA) is 116 Å². The van der Waals surface area contributed by atoms with Crippen LogP contribution in [0.1, 0.15) is 66.7 Å². The Morgan fingerprint density at radius 3 is 2.51 bits per heavy atom. The van der Waals surface area contributed by atoms with Crippen molar-refractivity contribution in [2.45, 2.75) is 78.9 Å². The molecular weight excluding hydrogens is 498 g/mol. The van der Waals surface area contributed by atoms with Crippen LogP contribution in [0.5, 0.6) is 0 Å². The molecule has 1 N–H and O–H groups in total. The summed E-state index contributed by atoms with van der Waals surface area (Å²) < 4.78 is 10.5. The van der Waals surface area contributed by atoms with Gasteiger partial charge in [0.1, 0.15) is 18.4 Å². The van der Waals surface area contributed by atoms with Crippen molar-refractivity contribution in [3.63, 3.8) is 0 Å². The highest BCUT2D eigenvalue weighted by Crippen LogP contribution is 2.53. The van der Waals surface area contributed by atoms with E-state index in [1.807, 2.05) is 13.0 Å². The monoisotopic (exact) mass is 541 g/mol. The molecule has 0 aromatic rings. The fraction of sp³-hybridized carbons (Fsp3) is 0.581. The quantitative estimate of drug-likeness (QED) is 0.168. The van der Waals surface area contributed by atoms with Crippen molar-refractivity contribution in [2.24, 2.45) is 29.1 Å². The summed E-state index contributed by atoms with van der Waals surface area (Å²) in [6.07, 6.45) is 11.2. The van der Waals surface area contributed by atoms with Crippen LogP contribution >= 0.6 is 0 Å². The summed E-state index contributed by atoms with van der Waals surface area (Å²) in [7, 11) is 1.24. The van der Waals surface area contributed by atoms with Crippen molar-refractivity contribution in [1.82, 2.24) is 5.32 Å². The summed E-state index contributed by atoms with van der Waals surface area (Å²) in [5.41, 5.74) is -0.225. The number of ether oxygens (including phenoxy) is 2. The molecule has 0 aliphatic heterocycles. The fourth-order valence-electron chi connectivity index (χ4n) is 5.59. The molecule has 0 heterocycles. The first-order valence-corrected chi connectivity index (χ1v) is 13.7. The Labute approximate surface area is 232 Å². The van der Waals surface area contributed by atoms with Gasteiger partial charge in [0.25, 0.3) is 0 Å². The first kappa shape index (κ1) is 31.9. The van der Waals surface area contributed by atoms with Gasteiger partial charge in [0.15, 0.2) is 5.78 Å². The van der Waals surface area contributed by atoms with Crippen LogP contribution in [0.2, 0.25) is 0 Å². The van der Waals surface area contributed by atoms with Crippen LogP contribution in [0.4, 0.5) is 0 Å². The molecule has 2 unspecified atom stereocenters. The van der Waals surface area contributed by atoms with Crippen molar-refractivity contribution in [3.8, 4) is 0 Å². The highest BCUT2D eigenvalue weighted by Gasteiger charge is 2.53. The normalized spacial score (nSPS) is 27.2. The van der Waals surface area contributed by atoms with Gasteiger partial charge in [-0.1, -0.05) is 58.9 Å². The summed E-state index contributed by atoms with van der Waals surface area (Å²) >= 11 is 0. The number of hydrogen-bond donors (Lipinski definition) is 1. The van der Waals surface area contributed by atoms with Crippen molar-refractivity contribution in [3.05, 3.63) is 48.1 Å². The minimum Gasteiger partial charge on any atom is -0.467 e. The number of hydrogen-bond acceptors (Lipinski definition) is 7. The molecule has 7 atom stereocenters. The second kappa shape index (κ2) is 14.2. The molecule has 0 radical (unpaired) electrons. The smallest absolute Gasteiger partial charge is 0.331 e. The van der Waals surface area contributed by atoms with Gasteiger partial charge >= 0.3 is 11.9 Å². The number of carbonyl (C=O) groups is 5. The Morgan fingerprint density at radius 2 is 1.90 bits per heavy atom. The van der Waals surface area contributed by atoms with Crippen LogP contribution < -0.4 is 5.32 Å². The Kier molecular flexibility index (Phi) is 11.6. The van der Waals surface area contributed by atoms with Gasteiger partial charge < -0.3 is 14.8 Å². The lowest BCUT2D eigenvalue weighted by Gasteiger charge is -2.49. The van der Waals surface area contributed by atoms with Crippen molar-refractivity contribution in [2.75, 3.05) is 7.11 Å². The predicted octanol–water partition coefficient (Wildman–Crippen LogP) is 4.45. The number of methoxy groups -OCH3 is 1. The van der Waals surface area contributed by atoms with Gasteiger partial charge in [-0.05, 0) is 61.7 Å². The molecule has 39 heavy (non-hydrogen) atoms. The zero-order chi connectivity index (χ0) is 29.3. The zero-order valence-electron chi connectivity index (χ0n) is 24.0. The zero-order valence-corrected chi connectivity index (χ0v) is 24.0. The number of nitrogens with one attached hydrogen (secondary N) is 1. The van der Waals surface area contributed by atoms with Crippen LogP contribution in [0.3, 0.4) is 0 Å². The number of aldehydes is 1. The predicted molar refractivity (Wildman–Crippen MR) is 148 cm³/mol. The maximum Gasteiger partial charge on any atom is 0.331 e. The van der Waals surface area contributed by atoms with E-state index in [2.05, 4.69) is 38.7 Å². The number of esters is 2. The molecule has 2 aliphatic carbocycles. The first-order chi connectivity index (χ1) is 18.4. The van der Waals surface area contributed by atoms with E-state index in [1.54, 1.807) is 6.08 Å². The average molecular weight is 542 g/mol. The molecular formula is C31H43NO7. The van der Waals surface area contributed by atoms with Gasteiger partial charge in [0.05, 0.1) is 13.0 Å². The molecule has 8 heteroatoms. The van der Waals surface area contributed by atoms with E-state index in [9.17, 15) is 24.0 Å². The molecule has 1 amide bonds. The molecule has 214 valence electrons. The van der Waals surface area contributed by atoms with Crippen LogP contribution in [-0.4, -0.2) is 49.2 Å². The number of fused-ring (bicyclic) bond motifs is 1. The minimum absolute atomic E-state index is 0.134. The highest BCUT2D eigenvalue weighted by atomic mass is 16.5. The van der Waals surface area contributed by atoms with Gasteiger partial charge in [-0.25, -0.2) is 9.59 Å². The number of allylic oxidation sites excluding steroid dienone is 5. The lowest BCUT2D eigenvalue weighted by molar-refractivity contribution is -0.148. The maximum absolute atomic E-state index is 13.3. The third kappa shape index (κ3) is 8.10. The van der Waals surface area contributed by atoms with Gasteiger partial charge in [0.2, 0.25) is 5.91 Å². The molecule has 0 saturated heterocycles. The van der Waals surface area contributed by atoms with Crippen LogP contribution in [0.25, 0.3) is 0 Å². The Balaban J connectivity index is 2.25. The molecule has 8 nitrogen and oxygen atoms in total. The molecule has 0 aromatic carbocycles. The fourth-order valence-corrected chi connectivity index (χ4v) is 5.59. The van der Waals surface area contributed by atoms with E-state index in [-0.39, 0.29) is 23.7 Å². The summed E-state index contributed by atoms with van der Waals surface area (Å²) in [6, 6.07) is -0.855. The van der Waals surface area contributed by atoms with Crippen LogP contribution in [-0.2, 0) is 33.4 Å². The standard InChI is InChI=1S/C31H43NO7/c1-8-19(2)15-20(3)11-9-10-12-28(35)39-27-14-13-24(29(36)32-22(5)30(37)38-7)31(6)17-23(21(4)18-33)26(34)16-25(27)31/h9-12,16,18-20,22-24,27H,4,8,13-15,17H2,1-3,5-7H3,(H,32,36)/b11-9+,12-10+/t19?,20?,22-,23-,24+,27+,31+/m0/s1. The van der Waals surface area contributed by atoms with Gasteiger partial charge in [-0.15, -0.1) is 0 Å². The number of carbonyl (C=O) groups excluding carboxylic acids is 5. The van der Waals surface area contributed by atoms with Gasteiger partial charge in [0, 0.05) is 17.4 Å². The second-order valence-electron chi connectivity index (χ2n) is 11.1. The molecule has 0 aromatic heterocycles. The molecule has 0 spiro atoms. The largest absolute Gasteiger partial charge is 0.467 e. The van der Waals surface area contributed by atoms with Crippen molar-refractivity contribution < 1.29 is 33.4 Å². The maximum atomic E-state index is 13.3. The van der Waals surface area contributed by atoms with E-state index in [0.29, 0.717) is 36.5 Å². The minimum atomic E-state index is -0.900. The number of ketones is 1. The second-order valence-corrected chi connectivity index (χ2v) is 11.1. The third-order valence-electron chi connectivity index (χ3n) is 8.10. The Morgan fingerprint density at radius 1 is 1.21 bits per heavy atom. The molecule has 1 fully saturated rings. The lowest BCUT2D eigenvalue weighted by atomic mass is 9.56. The summed E-state index contributed by atoms with van der Waals surface area (Å²) in [6.45, 7) is 13.6. The highest BCUT2D eigenvalue weighted by molar-refractivity contribution is 6.00. The van der Waals surface area contributed by atoms with Gasteiger partial charge in [-0.3, -0.25) is 14.4 Å². The Bertz CT molecular complexity index is 1060. The molecule has 2 aliphatic rings. The van der Waals surface area contributed by atoms with E-state index in [1.165, 1.54) is 26.2 Å². The Hall–Kier alpha value is -3.29. The number of amides is 1. The van der Waals surface area contributed by atoms with Crippen LogP contribution in [0, 0.1) is 29.1 Å². The lowest BCUT2D eigenvalue weighted by Crippen LogP contribution is -2.53. The van der Waals surface area contributed by atoms with E-state index >= 15 is 0 Å². The SMILES string of the molecule is C=C(C=O)[C@@H]1C[C@@]2(C)C(=CC1=O)[C@H](OC(=O)/C=C/C=C/C(C)CC(C)CC)CC[C@@H]2C(=O)N[C@@H](C)C(=O)OC. The average Bonchev–Trinajstić information content (AvgIpc) is 2.90. The van der Waals surface area contributed by atoms with E-state index in [0.717, 1.165) is 12.8 Å². The summed E-state index contributed by atoms with van der Waals surface area (Å²) in [5, 5.41) is 2.70.